The van der Waals surface area contributed by atoms with Crippen LogP contribution < -0.4 is 5.32 Å². The SMILES string of the molecule is CCCn1nc(C)c([N+](=O)[O-])c1NCC(C)(CC)C(=O)O. The molecule has 1 heterocycles. The van der Waals surface area contributed by atoms with E-state index in [2.05, 4.69) is 10.4 Å². The molecule has 8 heteroatoms. The van der Waals surface area contributed by atoms with Crippen molar-refractivity contribution in [3.05, 3.63) is 15.8 Å². The lowest BCUT2D eigenvalue weighted by atomic mass is 9.88. The zero-order valence-corrected chi connectivity index (χ0v) is 12.8. The van der Waals surface area contributed by atoms with Gasteiger partial charge in [0.15, 0.2) is 0 Å². The molecule has 0 radical (unpaired) electrons. The van der Waals surface area contributed by atoms with Crippen molar-refractivity contribution in [2.24, 2.45) is 5.41 Å². The maximum absolute atomic E-state index is 11.3. The molecule has 21 heavy (non-hydrogen) atoms. The average Bonchev–Trinajstić information content (AvgIpc) is 2.72. The number of nitrogens with one attached hydrogen (secondary N) is 1. The third-order valence-electron chi connectivity index (χ3n) is 3.66. The van der Waals surface area contributed by atoms with Crippen LogP contribution in [0.2, 0.25) is 0 Å². The smallest absolute Gasteiger partial charge is 0.333 e. The number of aryl methyl sites for hydroxylation is 2. The molecule has 8 nitrogen and oxygen atoms in total. The number of carboxylic acid groups (broad SMARTS) is 1. The number of rotatable bonds is 8. The van der Waals surface area contributed by atoms with Gasteiger partial charge in [-0.2, -0.15) is 5.10 Å². The summed E-state index contributed by atoms with van der Waals surface area (Å²) in [6, 6.07) is 0. The summed E-state index contributed by atoms with van der Waals surface area (Å²) in [5, 5.41) is 27.5. The number of aliphatic carboxylic acids is 1. The van der Waals surface area contributed by atoms with Crippen LogP contribution in [0, 0.1) is 22.5 Å². The minimum Gasteiger partial charge on any atom is -0.481 e. The van der Waals surface area contributed by atoms with Gasteiger partial charge < -0.3 is 10.4 Å². The van der Waals surface area contributed by atoms with Gasteiger partial charge >= 0.3 is 11.7 Å². The van der Waals surface area contributed by atoms with Crippen molar-refractivity contribution >= 4 is 17.5 Å². The van der Waals surface area contributed by atoms with Crippen molar-refractivity contribution in [3.63, 3.8) is 0 Å². The van der Waals surface area contributed by atoms with E-state index in [-0.39, 0.29) is 18.1 Å². The van der Waals surface area contributed by atoms with Gasteiger partial charge in [-0.25, -0.2) is 4.68 Å². The topological polar surface area (TPSA) is 110 Å². The average molecular weight is 298 g/mol. The molecule has 1 atom stereocenters. The standard InChI is InChI=1S/C13H22N4O4/c1-5-7-16-11(10(17(20)21)9(3)15-16)14-8-13(4,6-2)12(18)19/h14H,5-8H2,1-4H3,(H,18,19). The Morgan fingerprint density at radius 1 is 1.52 bits per heavy atom. The fourth-order valence-corrected chi connectivity index (χ4v) is 1.97. The Hall–Kier alpha value is -2.12. The fourth-order valence-electron chi connectivity index (χ4n) is 1.97. The number of anilines is 1. The van der Waals surface area contributed by atoms with Crippen LogP contribution in [0.5, 0.6) is 0 Å². The molecular formula is C13H22N4O4. The molecule has 0 saturated heterocycles. The van der Waals surface area contributed by atoms with E-state index in [1.165, 1.54) is 4.68 Å². The molecule has 0 spiro atoms. The second-order valence-corrected chi connectivity index (χ2v) is 5.34. The van der Waals surface area contributed by atoms with E-state index in [0.717, 1.165) is 6.42 Å². The first-order chi connectivity index (χ1) is 9.76. The minimum atomic E-state index is -0.983. The van der Waals surface area contributed by atoms with Gasteiger partial charge in [0.1, 0.15) is 5.69 Å². The highest BCUT2D eigenvalue weighted by Crippen LogP contribution is 2.30. The Bertz CT molecular complexity index is 541. The summed E-state index contributed by atoms with van der Waals surface area (Å²) in [7, 11) is 0. The molecule has 1 unspecified atom stereocenters. The number of carboxylic acids is 1. The third-order valence-corrected chi connectivity index (χ3v) is 3.66. The van der Waals surface area contributed by atoms with Gasteiger partial charge in [0.2, 0.25) is 5.82 Å². The molecule has 2 N–H and O–H groups in total. The van der Waals surface area contributed by atoms with E-state index in [0.29, 0.717) is 18.7 Å². The van der Waals surface area contributed by atoms with E-state index in [1.807, 2.05) is 6.92 Å². The van der Waals surface area contributed by atoms with Crippen LogP contribution in [0.3, 0.4) is 0 Å². The van der Waals surface area contributed by atoms with Crippen molar-refractivity contribution < 1.29 is 14.8 Å². The first kappa shape index (κ1) is 16.9. The number of aromatic nitrogens is 2. The van der Waals surface area contributed by atoms with Gasteiger partial charge in [-0.3, -0.25) is 14.9 Å². The third kappa shape index (κ3) is 3.50. The van der Waals surface area contributed by atoms with Crippen molar-refractivity contribution in [1.29, 1.82) is 0 Å². The van der Waals surface area contributed by atoms with E-state index in [1.54, 1.807) is 20.8 Å². The van der Waals surface area contributed by atoms with E-state index >= 15 is 0 Å². The van der Waals surface area contributed by atoms with Crippen molar-refractivity contribution in [2.75, 3.05) is 11.9 Å². The summed E-state index contributed by atoms with van der Waals surface area (Å²) in [6.45, 7) is 7.55. The number of nitro groups is 1. The number of hydrogen-bond acceptors (Lipinski definition) is 5. The second-order valence-electron chi connectivity index (χ2n) is 5.34. The fraction of sp³-hybridized carbons (Fsp3) is 0.692. The monoisotopic (exact) mass is 298 g/mol. The maximum Gasteiger partial charge on any atom is 0.333 e. The lowest BCUT2D eigenvalue weighted by Crippen LogP contribution is -2.35. The molecule has 118 valence electrons. The molecule has 0 amide bonds. The molecule has 0 saturated carbocycles. The van der Waals surface area contributed by atoms with Crippen LogP contribution in [0.15, 0.2) is 0 Å². The molecule has 1 rings (SSSR count). The molecule has 0 aliphatic carbocycles. The first-order valence-electron chi connectivity index (χ1n) is 6.95. The van der Waals surface area contributed by atoms with E-state index in [9.17, 15) is 20.0 Å². The summed E-state index contributed by atoms with van der Waals surface area (Å²) in [6.07, 6.45) is 1.20. The zero-order valence-electron chi connectivity index (χ0n) is 12.8. The molecule has 0 fully saturated rings. The molecule has 0 aliphatic heterocycles. The lowest BCUT2D eigenvalue weighted by molar-refractivity contribution is -0.384. The van der Waals surface area contributed by atoms with Crippen LogP contribution >= 0.6 is 0 Å². The first-order valence-corrected chi connectivity index (χ1v) is 6.95. The van der Waals surface area contributed by atoms with E-state index < -0.39 is 16.3 Å². The molecule has 1 aromatic heterocycles. The molecule has 0 bridgehead atoms. The summed E-state index contributed by atoms with van der Waals surface area (Å²) in [5.41, 5.74) is -0.750. The lowest BCUT2D eigenvalue weighted by Gasteiger charge is -2.23. The normalized spacial score (nSPS) is 13.7. The van der Waals surface area contributed by atoms with Gasteiger partial charge in [0.05, 0.1) is 10.3 Å². The van der Waals surface area contributed by atoms with Gasteiger partial charge in [0, 0.05) is 13.1 Å². The molecular weight excluding hydrogens is 276 g/mol. The number of nitrogens with zero attached hydrogens (tertiary/aromatic N) is 3. The zero-order chi connectivity index (χ0) is 16.2. The number of carbonyl (C=O) groups is 1. The van der Waals surface area contributed by atoms with Gasteiger partial charge in [-0.05, 0) is 26.7 Å². The quantitative estimate of drug-likeness (QED) is 0.563. The highest BCUT2D eigenvalue weighted by Gasteiger charge is 2.33. The Kier molecular flexibility index (Phi) is 5.28. The second kappa shape index (κ2) is 6.55. The van der Waals surface area contributed by atoms with Crippen molar-refractivity contribution in [3.8, 4) is 0 Å². The van der Waals surface area contributed by atoms with Crippen LogP contribution in [0.1, 0.15) is 39.3 Å². The number of hydrogen-bond donors (Lipinski definition) is 2. The van der Waals surface area contributed by atoms with Gasteiger partial charge in [-0.1, -0.05) is 13.8 Å². The van der Waals surface area contributed by atoms with Crippen molar-refractivity contribution in [2.45, 2.75) is 47.1 Å². The Balaban J connectivity index is 3.11. The summed E-state index contributed by atoms with van der Waals surface area (Å²) >= 11 is 0. The van der Waals surface area contributed by atoms with Crippen LogP contribution in [-0.4, -0.2) is 32.3 Å². The van der Waals surface area contributed by atoms with Gasteiger partial charge in [0.25, 0.3) is 0 Å². The van der Waals surface area contributed by atoms with Crippen LogP contribution in [-0.2, 0) is 11.3 Å². The predicted molar refractivity (Wildman–Crippen MR) is 78.4 cm³/mol. The summed E-state index contributed by atoms with van der Waals surface area (Å²) in [5.74, 6) is -0.654. The molecule has 1 aromatic rings. The van der Waals surface area contributed by atoms with Gasteiger partial charge in [-0.15, -0.1) is 0 Å². The Morgan fingerprint density at radius 2 is 2.14 bits per heavy atom. The van der Waals surface area contributed by atoms with Crippen LogP contribution in [0.4, 0.5) is 11.5 Å². The highest BCUT2D eigenvalue weighted by atomic mass is 16.6. The van der Waals surface area contributed by atoms with E-state index in [4.69, 9.17) is 0 Å². The Morgan fingerprint density at radius 3 is 2.57 bits per heavy atom. The van der Waals surface area contributed by atoms with Crippen molar-refractivity contribution in [1.82, 2.24) is 9.78 Å². The summed E-state index contributed by atoms with van der Waals surface area (Å²) in [4.78, 5) is 22.0. The minimum absolute atomic E-state index is 0.0905. The maximum atomic E-state index is 11.3. The molecule has 0 aliphatic rings. The summed E-state index contributed by atoms with van der Waals surface area (Å²) < 4.78 is 1.53. The largest absolute Gasteiger partial charge is 0.481 e. The van der Waals surface area contributed by atoms with Crippen LogP contribution in [0.25, 0.3) is 0 Å². The Labute approximate surface area is 123 Å². The predicted octanol–water partition coefficient (Wildman–Crippen LogP) is 2.42. The highest BCUT2D eigenvalue weighted by molar-refractivity contribution is 5.75. The molecule has 0 aromatic carbocycles.